The summed E-state index contributed by atoms with van der Waals surface area (Å²) in [5.41, 5.74) is 0.815. The summed E-state index contributed by atoms with van der Waals surface area (Å²) in [6.07, 6.45) is 2.29. The van der Waals surface area contributed by atoms with Crippen molar-refractivity contribution in [3.05, 3.63) is 24.3 Å². The Labute approximate surface area is 117 Å². The lowest BCUT2D eigenvalue weighted by Gasteiger charge is -2.12. The van der Waals surface area contributed by atoms with Gasteiger partial charge in [-0.15, -0.1) is 0 Å². The average Bonchev–Trinajstić information content (AvgIpc) is 3.13. The van der Waals surface area contributed by atoms with Gasteiger partial charge in [0.2, 0.25) is 0 Å². The van der Waals surface area contributed by atoms with Crippen LogP contribution >= 0.6 is 0 Å². The monoisotopic (exact) mass is 278 g/mol. The van der Waals surface area contributed by atoms with Crippen molar-refractivity contribution in [2.45, 2.75) is 19.8 Å². The summed E-state index contributed by atoms with van der Waals surface area (Å²) in [6.45, 7) is 2.38. The van der Waals surface area contributed by atoms with E-state index in [9.17, 15) is 9.59 Å². The molecule has 1 aliphatic carbocycles. The summed E-state index contributed by atoms with van der Waals surface area (Å²) in [7, 11) is 0. The lowest BCUT2D eigenvalue weighted by molar-refractivity contribution is -0.139. The van der Waals surface area contributed by atoms with Crippen molar-refractivity contribution in [1.82, 2.24) is 5.32 Å². The molecular formula is C14H18N2O4. The predicted octanol–water partition coefficient (Wildman–Crippen LogP) is 2.07. The molecule has 1 saturated carbocycles. The number of rotatable bonds is 6. The van der Waals surface area contributed by atoms with Gasteiger partial charge < -0.3 is 20.5 Å². The van der Waals surface area contributed by atoms with E-state index in [-0.39, 0.29) is 11.4 Å². The predicted molar refractivity (Wildman–Crippen MR) is 73.9 cm³/mol. The Hall–Kier alpha value is -2.24. The molecule has 0 bridgehead atoms. The number of aliphatic carboxylic acids is 1. The van der Waals surface area contributed by atoms with E-state index in [1.54, 1.807) is 24.3 Å². The summed E-state index contributed by atoms with van der Waals surface area (Å²) in [5.74, 6) is -0.641. The quantitative estimate of drug-likeness (QED) is 0.743. The van der Waals surface area contributed by atoms with Crippen molar-refractivity contribution in [2.75, 3.05) is 18.5 Å². The molecule has 1 fully saturated rings. The minimum absolute atomic E-state index is 0.254. The molecule has 0 atom stereocenters. The van der Waals surface area contributed by atoms with Gasteiger partial charge in [-0.1, -0.05) is 13.0 Å². The van der Waals surface area contributed by atoms with Crippen LogP contribution in [0.1, 0.15) is 19.8 Å². The molecule has 0 saturated heterocycles. The van der Waals surface area contributed by atoms with Gasteiger partial charge in [0.1, 0.15) is 5.75 Å². The van der Waals surface area contributed by atoms with Crippen molar-refractivity contribution >= 4 is 17.7 Å². The van der Waals surface area contributed by atoms with Gasteiger partial charge in [-0.3, -0.25) is 0 Å². The topological polar surface area (TPSA) is 87.7 Å². The first kappa shape index (κ1) is 14.2. The summed E-state index contributed by atoms with van der Waals surface area (Å²) in [6, 6.07) is 6.35. The van der Waals surface area contributed by atoms with Crippen molar-refractivity contribution in [1.29, 1.82) is 0 Å². The van der Waals surface area contributed by atoms with Gasteiger partial charge in [0.15, 0.2) is 6.61 Å². The van der Waals surface area contributed by atoms with Crippen LogP contribution in [0.5, 0.6) is 5.75 Å². The van der Waals surface area contributed by atoms with Crippen LogP contribution in [0.4, 0.5) is 10.5 Å². The molecule has 6 nitrogen and oxygen atoms in total. The fourth-order valence-corrected chi connectivity index (χ4v) is 1.67. The first-order valence-electron chi connectivity index (χ1n) is 6.46. The van der Waals surface area contributed by atoms with Gasteiger partial charge in [-0.2, -0.15) is 0 Å². The van der Waals surface area contributed by atoms with Gasteiger partial charge in [-0.05, 0) is 30.4 Å². The Morgan fingerprint density at radius 2 is 2.15 bits per heavy atom. The molecule has 0 unspecified atom stereocenters. The molecule has 2 amide bonds. The molecular weight excluding hydrogens is 260 g/mol. The van der Waals surface area contributed by atoms with Crippen LogP contribution in [-0.4, -0.2) is 30.3 Å². The first-order chi connectivity index (χ1) is 9.47. The number of urea groups is 1. The van der Waals surface area contributed by atoms with E-state index in [0.29, 0.717) is 18.0 Å². The van der Waals surface area contributed by atoms with E-state index in [2.05, 4.69) is 17.6 Å². The van der Waals surface area contributed by atoms with Crippen molar-refractivity contribution in [2.24, 2.45) is 5.41 Å². The number of amides is 2. The molecule has 1 aromatic carbocycles. The zero-order valence-electron chi connectivity index (χ0n) is 11.3. The zero-order valence-corrected chi connectivity index (χ0v) is 11.3. The second-order valence-corrected chi connectivity index (χ2v) is 5.33. The number of hydrogen-bond donors (Lipinski definition) is 3. The van der Waals surface area contributed by atoms with Gasteiger partial charge in [-0.25, -0.2) is 9.59 Å². The van der Waals surface area contributed by atoms with E-state index in [1.807, 2.05) is 0 Å². The smallest absolute Gasteiger partial charge is 0.341 e. The molecule has 0 aliphatic heterocycles. The number of anilines is 1. The maximum Gasteiger partial charge on any atom is 0.341 e. The lowest BCUT2D eigenvalue weighted by Crippen LogP contribution is -2.32. The molecule has 20 heavy (non-hydrogen) atoms. The van der Waals surface area contributed by atoms with Crippen molar-refractivity contribution in [3.8, 4) is 5.75 Å². The highest BCUT2D eigenvalue weighted by Gasteiger charge is 2.37. The lowest BCUT2D eigenvalue weighted by atomic mass is 10.1. The summed E-state index contributed by atoms with van der Waals surface area (Å²) >= 11 is 0. The standard InChI is InChI=1S/C14H18N2O4/c1-14(5-6-14)9-15-13(19)16-10-3-2-4-11(7-10)20-8-12(17)18/h2-4,7H,5-6,8-9H2,1H3,(H,17,18)(H2,15,16,19). The van der Waals surface area contributed by atoms with Crippen molar-refractivity contribution < 1.29 is 19.4 Å². The maximum absolute atomic E-state index is 11.7. The van der Waals surface area contributed by atoms with Crippen LogP contribution in [0.3, 0.4) is 0 Å². The summed E-state index contributed by atoms with van der Waals surface area (Å²) in [4.78, 5) is 22.1. The van der Waals surface area contributed by atoms with E-state index in [1.165, 1.54) is 0 Å². The van der Waals surface area contributed by atoms with E-state index >= 15 is 0 Å². The minimum Gasteiger partial charge on any atom is -0.482 e. The third-order valence-corrected chi connectivity index (χ3v) is 3.23. The Bertz CT molecular complexity index is 512. The molecule has 1 aromatic rings. The van der Waals surface area contributed by atoms with Gasteiger partial charge in [0, 0.05) is 18.3 Å². The van der Waals surface area contributed by atoms with E-state index < -0.39 is 12.6 Å². The Kier molecular flexibility index (Phi) is 4.12. The second-order valence-electron chi connectivity index (χ2n) is 5.33. The van der Waals surface area contributed by atoms with Crippen LogP contribution < -0.4 is 15.4 Å². The van der Waals surface area contributed by atoms with Gasteiger partial charge >= 0.3 is 12.0 Å². The SMILES string of the molecule is CC1(CNC(=O)Nc2cccc(OCC(=O)O)c2)CC1. The third kappa shape index (κ3) is 4.46. The number of ether oxygens (including phenoxy) is 1. The normalized spacial score (nSPS) is 15.2. The summed E-state index contributed by atoms with van der Waals surface area (Å²) in [5, 5.41) is 14.0. The van der Waals surface area contributed by atoms with Crippen LogP contribution in [0.2, 0.25) is 0 Å². The second kappa shape index (κ2) is 5.81. The number of hydrogen-bond acceptors (Lipinski definition) is 3. The molecule has 108 valence electrons. The largest absolute Gasteiger partial charge is 0.482 e. The fraction of sp³-hybridized carbons (Fsp3) is 0.429. The molecule has 6 heteroatoms. The van der Waals surface area contributed by atoms with Crippen LogP contribution in [0.25, 0.3) is 0 Å². The molecule has 1 aliphatic rings. The van der Waals surface area contributed by atoms with Gasteiger partial charge in [0.25, 0.3) is 0 Å². The van der Waals surface area contributed by atoms with Crippen LogP contribution in [-0.2, 0) is 4.79 Å². The molecule has 0 radical (unpaired) electrons. The number of carboxylic acid groups (broad SMARTS) is 1. The number of carbonyl (C=O) groups is 2. The number of carbonyl (C=O) groups excluding carboxylic acids is 1. The highest BCUT2D eigenvalue weighted by Crippen LogP contribution is 2.43. The minimum atomic E-state index is -1.04. The number of benzene rings is 1. The fourth-order valence-electron chi connectivity index (χ4n) is 1.67. The molecule has 3 N–H and O–H groups in total. The van der Waals surface area contributed by atoms with Crippen molar-refractivity contribution in [3.63, 3.8) is 0 Å². The Morgan fingerprint density at radius 3 is 2.80 bits per heavy atom. The zero-order chi connectivity index (χ0) is 14.6. The van der Waals surface area contributed by atoms with Crippen LogP contribution in [0, 0.1) is 5.41 Å². The Balaban J connectivity index is 1.83. The average molecular weight is 278 g/mol. The molecule has 0 spiro atoms. The third-order valence-electron chi connectivity index (χ3n) is 3.23. The Morgan fingerprint density at radius 1 is 1.40 bits per heavy atom. The van der Waals surface area contributed by atoms with E-state index in [0.717, 1.165) is 12.8 Å². The van der Waals surface area contributed by atoms with Crippen LogP contribution in [0.15, 0.2) is 24.3 Å². The molecule has 0 aromatic heterocycles. The number of carboxylic acids is 1. The highest BCUT2D eigenvalue weighted by atomic mass is 16.5. The maximum atomic E-state index is 11.7. The van der Waals surface area contributed by atoms with E-state index in [4.69, 9.17) is 9.84 Å². The summed E-state index contributed by atoms with van der Waals surface area (Å²) < 4.78 is 5.04. The highest BCUT2D eigenvalue weighted by molar-refractivity contribution is 5.89. The molecule has 2 rings (SSSR count). The number of nitrogens with one attached hydrogen (secondary N) is 2. The first-order valence-corrected chi connectivity index (χ1v) is 6.46. The molecule has 0 heterocycles. The van der Waals surface area contributed by atoms with Gasteiger partial charge in [0.05, 0.1) is 0 Å².